The molecule has 0 spiro atoms. The van der Waals surface area contributed by atoms with E-state index in [0.29, 0.717) is 18.0 Å². The number of nitrogens with zero attached hydrogens (tertiary/aromatic N) is 4. The van der Waals surface area contributed by atoms with Gasteiger partial charge >= 0.3 is 0 Å². The highest BCUT2D eigenvalue weighted by Gasteiger charge is 2.27. The lowest BCUT2D eigenvalue weighted by atomic mass is 9.98. The lowest BCUT2D eigenvalue weighted by molar-refractivity contribution is 0.157. The predicted octanol–water partition coefficient (Wildman–Crippen LogP) is 3.63. The fraction of sp³-hybridized carbons (Fsp3) is 0.600. The van der Waals surface area contributed by atoms with Crippen molar-refractivity contribution in [1.29, 1.82) is 0 Å². The van der Waals surface area contributed by atoms with E-state index in [1.807, 2.05) is 12.3 Å². The molecule has 3 rings (SSSR count). The summed E-state index contributed by atoms with van der Waals surface area (Å²) >= 11 is 9.44. The van der Waals surface area contributed by atoms with Crippen LogP contribution in [0.5, 0.6) is 0 Å². The van der Waals surface area contributed by atoms with Crippen molar-refractivity contribution in [3.63, 3.8) is 0 Å². The first kappa shape index (κ1) is 15.3. The smallest absolute Gasteiger partial charge is 0.160 e. The number of alkyl halides is 1. The number of imidazole rings is 1. The van der Waals surface area contributed by atoms with E-state index in [1.54, 1.807) is 0 Å². The van der Waals surface area contributed by atoms with Gasteiger partial charge in [-0.05, 0) is 48.8 Å². The van der Waals surface area contributed by atoms with Gasteiger partial charge in [-0.1, -0.05) is 0 Å². The SMILES string of the molecule is CC1CC(n2c(CCCl)nc3cc(Br)cnc32)CCN1C. The quantitative estimate of drug-likeness (QED) is 0.773. The van der Waals surface area contributed by atoms with E-state index >= 15 is 0 Å². The summed E-state index contributed by atoms with van der Waals surface area (Å²) in [7, 11) is 2.20. The lowest BCUT2D eigenvalue weighted by Crippen LogP contribution is -2.38. The van der Waals surface area contributed by atoms with E-state index in [-0.39, 0.29) is 0 Å². The van der Waals surface area contributed by atoms with Crippen LogP contribution in [0.4, 0.5) is 0 Å². The summed E-state index contributed by atoms with van der Waals surface area (Å²) in [5.41, 5.74) is 1.94. The molecule has 0 saturated carbocycles. The molecule has 6 heteroatoms. The lowest BCUT2D eigenvalue weighted by Gasteiger charge is -2.36. The Morgan fingerprint density at radius 1 is 1.48 bits per heavy atom. The molecule has 114 valence electrons. The molecule has 4 nitrogen and oxygen atoms in total. The van der Waals surface area contributed by atoms with Crippen LogP contribution < -0.4 is 0 Å². The summed E-state index contributed by atoms with van der Waals surface area (Å²) in [5, 5.41) is 0. The Balaban J connectivity index is 2.04. The molecule has 0 aromatic carbocycles. The number of pyridine rings is 1. The first-order chi connectivity index (χ1) is 10.1. The molecule has 1 fully saturated rings. The van der Waals surface area contributed by atoms with Gasteiger partial charge in [0.15, 0.2) is 5.65 Å². The Morgan fingerprint density at radius 3 is 3.00 bits per heavy atom. The van der Waals surface area contributed by atoms with Crippen molar-refractivity contribution < 1.29 is 0 Å². The van der Waals surface area contributed by atoms with Crippen LogP contribution in [0.1, 0.15) is 31.6 Å². The standard InChI is InChI=1S/C15H20BrClN4/c1-10-7-12(4-6-20(10)2)21-14(3-5-17)19-13-8-11(16)9-18-15(13)21/h8-10,12H,3-7H2,1-2H3. The van der Waals surface area contributed by atoms with E-state index < -0.39 is 0 Å². The number of aryl methyl sites for hydroxylation is 1. The maximum atomic E-state index is 5.97. The largest absolute Gasteiger partial charge is 0.309 e. The third-order valence-corrected chi connectivity index (χ3v) is 5.06. The molecule has 21 heavy (non-hydrogen) atoms. The minimum absolute atomic E-state index is 0.466. The second-order valence-corrected chi connectivity index (χ2v) is 7.13. The average molecular weight is 372 g/mol. The molecule has 0 aliphatic carbocycles. The molecule has 2 atom stereocenters. The number of rotatable bonds is 3. The first-order valence-corrected chi connectivity index (χ1v) is 8.71. The van der Waals surface area contributed by atoms with Crippen LogP contribution in [0.3, 0.4) is 0 Å². The summed E-state index contributed by atoms with van der Waals surface area (Å²) in [6, 6.07) is 3.09. The molecular weight excluding hydrogens is 352 g/mol. The monoisotopic (exact) mass is 370 g/mol. The van der Waals surface area contributed by atoms with Crippen molar-refractivity contribution >= 4 is 38.7 Å². The molecule has 0 radical (unpaired) electrons. The normalized spacial score (nSPS) is 23.8. The fourth-order valence-corrected chi connectivity index (χ4v) is 3.64. The average Bonchev–Trinajstić information content (AvgIpc) is 2.79. The number of hydrogen-bond donors (Lipinski definition) is 0. The second-order valence-electron chi connectivity index (χ2n) is 5.84. The molecule has 2 aromatic rings. The van der Waals surface area contributed by atoms with E-state index in [2.05, 4.69) is 44.4 Å². The van der Waals surface area contributed by atoms with Gasteiger partial charge in [-0.25, -0.2) is 9.97 Å². The summed E-state index contributed by atoms with van der Waals surface area (Å²) < 4.78 is 3.29. The molecule has 1 aliphatic heterocycles. The maximum absolute atomic E-state index is 5.97. The molecule has 0 amide bonds. The zero-order valence-electron chi connectivity index (χ0n) is 12.4. The highest BCUT2D eigenvalue weighted by molar-refractivity contribution is 9.10. The Hall–Kier alpha value is -0.650. The molecule has 0 bridgehead atoms. The van der Waals surface area contributed by atoms with Crippen LogP contribution in [0.2, 0.25) is 0 Å². The summed E-state index contributed by atoms with van der Waals surface area (Å²) in [6.07, 6.45) is 4.91. The van der Waals surface area contributed by atoms with Crippen LogP contribution in [0.25, 0.3) is 11.2 Å². The van der Waals surface area contributed by atoms with Gasteiger partial charge in [0.25, 0.3) is 0 Å². The van der Waals surface area contributed by atoms with Crippen molar-refractivity contribution in [2.24, 2.45) is 0 Å². The van der Waals surface area contributed by atoms with E-state index in [1.165, 1.54) is 0 Å². The molecule has 1 aliphatic rings. The fourth-order valence-electron chi connectivity index (χ4n) is 3.15. The molecule has 2 unspecified atom stereocenters. The maximum Gasteiger partial charge on any atom is 0.160 e. The number of piperidine rings is 1. The Bertz CT molecular complexity index is 642. The topological polar surface area (TPSA) is 34.0 Å². The van der Waals surface area contributed by atoms with E-state index in [9.17, 15) is 0 Å². The number of hydrogen-bond acceptors (Lipinski definition) is 3. The first-order valence-electron chi connectivity index (χ1n) is 7.38. The highest BCUT2D eigenvalue weighted by atomic mass is 79.9. The van der Waals surface area contributed by atoms with Crippen molar-refractivity contribution in [3.8, 4) is 0 Å². The van der Waals surface area contributed by atoms with Gasteiger partial charge in [-0.3, -0.25) is 0 Å². The van der Waals surface area contributed by atoms with Gasteiger partial charge in [0.2, 0.25) is 0 Å². The van der Waals surface area contributed by atoms with E-state index in [0.717, 1.165) is 47.3 Å². The Morgan fingerprint density at radius 2 is 2.29 bits per heavy atom. The third-order valence-electron chi connectivity index (χ3n) is 4.43. The molecule has 0 N–H and O–H groups in total. The number of likely N-dealkylation sites (tertiary alicyclic amines) is 1. The number of aromatic nitrogens is 3. The van der Waals surface area contributed by atoms with Crippen LogP contribution >= 0.6 is 27.5 Å². The molecule has 2 aromatic heterocycles. The summed E-state index contributed by atoms with van der Waals surface area (Å²) in [6.45, 7) is 3.40. The second kappa shape index (κ2) is 6.23. The predicted molar refractivity (Wildman–Crippen MR) is 90.0 cm³/mol. The van der Waals surface area contributed by atoms with Crippen LogP contribution in [-0.2, 0) is 6.42 Å². The van der Waals surface area contributed by atoms with Crippen molar-refractivity contribution in [3.05, 3.63) is 22.6 Å². The summed E-state index contributed by atoms with van der Waals surface area (Å²) in [5.74, 6) is 1.65. The Labute approximate surface area is 138 Å². The van der Waals surface area contributed by atoms with Crippen LogP contribution in [0.15, 0.2) is 16.7 Å². The van der Waals surface area contributed by atoms with Gasteiger partial charge < -0.3 is 9.47 Å². The minimum atomic E-state index is 0.466. The molecular formula is C15H20BrClN4. The van der Waals surface area contributed by atoms with Gasteiger partial charge in [0, 0.05) is 41.6 Å². The number of halogens is 2. The highest BCUT2D eigenvalue weighted by Crippen LogP contribution is 2.31. The van der Waals surface area contributed by atoms with Gasteiger partial charge in [-0.15, -0.1) is 11.6 Å². The zero-order valence-corrected chi connectivity index (χ0v) is 14.7. The van der Waals surface area contributed by atoms with Gasteiger partial charge in [0.05, 0.1) is 0 Å². The van der Waals surface area contributed by atoms with Crippen molar-refractivity contribution in [2.45, 2.75) is 38.3 Å². The third kappa shape index (κ3) is 2.96. The van der Waals surface area contributed by atoms with Gasteiger partial charge in [0.1, 0.15) is 11.3 Å². The van der Waals surface area contributed by atoms with Crippen LogP contribution in [-0.4, -0.2) is 44.9 Å². The number of fused-ring (bicyclic) bond motifs is 1. The zero-order chi connectivity index (χ0) is 15.0. The van der Waals surface area contributed by atoms with Crippen molar-refractivity contribution in [2.75, 3.05) is 19.5 Å². The van der Waals surface area contributed by atoms with E-state index in [4.69, 9.17) is 16.6 Å². The molecule has 3 heterocycles. The molecule has 1 saturated heterocycles. The summed E-state index contributed by atoms with van der Waals surface area (Å²) in [4.78, 5) is 11.8. The van der Waals surface area contributed by atoms with Gasteiger partial charge in [-0.2, -0.15) is 0 Å². The van der Waals surface area contributed by atoms with Crippen LogP contribution in [0, 0.1) is 0 Å². The Kier molecular flexibility index (Phi) is 4.52. The van der Waals surface area contributed by atoms with Crippen molar-refractivity contribution in [1.82, 2.24) is 19.4 Å². The minimum Gasteiger partial charge on any atom is -0.309 e.